The smallest absolute Gasteiger partial charge is 0.238 e. The van der Waals surface area contributed by atoms with Gasteiger partial charge in [0.1, 0.15) is 18.1 Å². The van der Waals surface area contributed by atoms with Crippen LogP contribution in [-0.2, 0) is 9.59 Å². The number of ether oxygens (including phenoxy) is 1. The Balaban J connectivity index is 1.10. The van der Waals surface area contributed by atoms with Gasteiger partial charge in [-0.3, -0.25) is 9.59 Å². The highest BCUT2D eigenvalue weighted by atomic mass is 16.5. The molecule has 36 heavy (non-hydrogen) atoms. The van der Waals surface area contributed by atoms with Crippen molar-refractivity contribution in [1.29, 1.82) is 0 Å². The lowest BCUT2D eigenvalue weighted by molar-refractivity contribution is -0.121. The highest BCUT2D eigenvalue weighted by Crippen LogP contribution is 2.58. The molecule has 1 aromatic carbocycles. The van der Waals surface area contributed by atoms with Crippen LogP contribution in [0.2, 0.25) is 0 Å². The molecule has 182 valence electrons. The topological polar surface area (TPSA) is 87.7 Å². The monoisotopic (exact) mass is 481 g/mol. The van der Waals surface area contributed by atoms with Crippen molar-refractivity contribution in [2.24, 2.45) is 5.41 Å². The van der Waals surface area contributed by atoms with Gasteiger partial charge in [0.15, 0.2) is 0 Å². The number of carbonyl (C=O) groups excluding carboxylic acids is 2. The molecule has 3 fully saturated rings. The number of pyridine rings is 2. The lowest BCUT2D eigenvalue weighted by atomic mass is 10.0. The number of rotatable bonds is 4. The Bertz CT molecular complexity index is 1400. The average molecular weight is 482 g/mol. The molecule has 1 saturated carbocycles. The van der Waals surface area contributed by atoms with Crippen LogP contribution in [0.1, 0.15) is 37.7 Å². The van der Waals surface area contributed by atoms with E-state index in [-0.39, 0.29) is 23.3 Å². The lowest BCUT2D eigenvalue weighted by Gasteiger charge is -2.31. The number of amides is 2. The molecule has 1 N–H and O–H groups in total. The molecule has 8 heteroatoms. The van der Waals surface area contributed by atoms with Gasteiger partial charge in [-0.25, -0.2) is 9.97 Å². The summed E-state index contributed by atoms with van der Waals surface area (Å²) in [5, 5.41) is 3.32. The Hall–Kier alpha value is -3.94. The van der Waals surface area contributed by atoms with Gasteiger partial charge in [-0.2, -0.15) is 0 Å². The molecule has 0 radical (unpaired) electrons. The lowest BCUT2D eigenvalue weighted by Crippen LogP contribution is -2.41. The second kappa shape index (κ2) is 7.78. The van der Waals surface area contributed by atoms with Crippen LogP contribution in [0.3, 0.4) is 0 Å². The highest BCUT2D eigenvalue weighted by Gasteiger charge is 2.60. The van der Waals surface area contributed by atoms with Gasteiger partial charge in [0.25, 0.3) is 0 Å². The number of nitrogens with zero attached hydrogens (tertiary/aromatic N) is 4. The quantitative estimate of drug-likeness (QED) is 0.586. The van der Waals surface area contributed by atoms with Crippen molar-refractivity contribution >= 4 is 34.7 Å². The second-order valence-corrected chi connectivity index (χ2v) is 10.4. The summed E-state index contributed by atoms with van der Waals surface area (Å²) >= 11 is 0. The van der Waals surface area contributed by atoms with Crippen LogP contribution >= 0.6 is 0 Å². The van der Waals surface area contributed by atoms with Crippen molar-refractivity contribution < 1.29 is 14.3 Å². The van der Waals surface area contributed by atoms with Crippen LogP contribution in [0.5, 0.6) is 5.88 Å². The average Bonchev–Trinajstić information content (AvgIpc) is 3.44. The zero-order valence-corrected chi connectivity index (χ0v) is 20.2. The Morgan fingerprint density at radius 1 is 1.08 bits per heavy atom. The minimum Gasteiger partial charge on any atom is -0.474 e. The molecule has 0 unspecified atom stereocenters. The third-order valence-electron chi connectivity index (χ3n) is 7.96. The van der Waals surface area contributed by atoms with Crippen LogP contribution in [0.15, 0.2) is 48.8 Å². The van der Waals surface area contributed by atoms with Crippen molar-refractivity contribution in [2.75, 3.05) is 28.3 Å². The number of hydrogen-bond donors (Lipinski definition) is 1. The molecule has 2 aromatic heterocycles. The summed E-state index contributed by atoms with van der Waals surface area (Å²) in [6, 6.07) is 12.1. The van der Waals surface area contributed by atoms with Gasteiger partial charge < -0.3 is 19.9 Å². The van der Waals surface area contributed by atoms with Crippen molar-refractivity contribution in [3.63, 3.8) is 0 Å². The van der Waals surface area contributed by atoms with Crippen LogP contribution in [0, 0.1) is 12.3 Å². The molecule has 0 bridgehead atoms. The highest BCUT2D eigenvalue weighted by molar-refractivity contribution is 6.04. The van der Waals surface area contributed by atoms with Gasteiger partial charge in [0.05, 0.1) is 23.3 Å². The first-order chi connectivity index (χ1) is 17.5. The first kappa shape index (κ1) is 21.4. The first-order valence-corrected chi connectivity index (χ1v) is 12.6. The van der Waals surface area contributed by atoms with E-state index in [1.165, 1.54) is 0 Å². The van der Waals surface area contributed by atoms with Crippen LogP contribution in [0.25, 0.3) is 11.1 Å². The van der Waals surface area contributed by atoms with E-state index in [4.69, 9.17) is 4.74 Å². The Labute approximate surface area is 209 Å². The molecule has 3 aromatic rings. The molecule has 3 aliphatic heterocycles. The standard InChI is InChI=1S/C28H27N5O3/c1-17-11-20(32-10-2-3-25(32)34)5-6-22(17)18-4-7-24(29-14-18)31-19-12-23-26(30-15-19)36-16-21-13-28(8-9-28)27(35)33(21)23/h4-7,11-12,14-15,21H,2-3,8-10,13,16H2,1H3,(H,29,31)/t21-/m0/s1. The van der Waals surface area contributed by atoms with E-state index in [1.807, 2.05) is 40.3 Å². The number of carbonyl (C=O) groups is 2. The fraction of sp³-hybridized carbons (Fsp3) is 0.357. The van der Waals surface area contributed by atoms with Crippen LogP contribution < -0.4 is 19.9 Å². The fourth-order valence-electron chi connectivity index (χ4n) is 5.86. The van der Waals surface area contributed by atoms with Crippen LogP contribution in [0.4, 0.5) is 22.9 Å². The van der Waals surface area contributed by atoms with Gasteiger partial charge in [-0.1, -0.05) is 6.07 Å². The van der Waals surface area contributed by atoms with Gasteiger partial charge in [0, 0.05) is 30.4 Å². The Kier molecular flexibility index (Phi) is 4.61. The Morgan fingerprint density at radius 2 is 1.97 bits per heavy atom. The number of aromatic nitrogens is 2. The van der Waals surface area contributed by atoms with Crippen molar-refractivity contribution in [3.8, 4) is 17.0 Å². The summed E-state index contributed by atoms with van der Waals surface area (Å²) in [6.07, 6.45) is 7.94. The molecule has 1 atom stereocenters. The van der Waals surface area contributed by atoms with E-state index in [0.29, 0.717) is 24.7 Å². The van der Waals surface area contributed by atoms with E-state index < -0.39 is 0 Å². The summed E-state index contributed by atoms with van der Waals surface area (Å²) in [6.45, 7) is 3.36. The van der Waals surface area contributed by atoms with Gasteiger partial charge in [0.2, 0.25) is 17.7 Å². The summed E-state index contributed by atoms with van der Waals surface area (Å²) in [4.78, 5) is 38.0. The maximum atomic E-state index is 13.1. The second-order valence-electron chi connectivity index (χ2n) is 10.4. The molecular weight excluding hydrogens is 454 g/mol. The van der Waals surface area contributed by atoms with Crippen LogP contribution in [-0.4, -0.2) is 41.0 Å². The predicted molar refractivity (Wildman–Crippen MR) is 137 cm³/mol. The van der Waals surface area contributed by atoms with E-state index in [9.17, 15) is 9.59 Å². The fourth-order valence-corrected chi connectivity index (χ4v) is 5.86. The molecule has 8 nitrogen and oxygen atoms in total. The minimum atomic E-state index is -0.156. The van der Waals surface area contributed by atoms with Crippen molar-refractivity contribution in [1.82, 2.24) is 9.97 Å². The minimum absolute atomic E-state index is 0.0974. The zero-order valence-electron chi connectivity index (χ0n) is 20.2. The summed E-state index contributed by atoms with van der Waals surface area (Å²) in [5.41, 5.74) is 5.51. The molecular formula is C28H27N5O3. The summed E-state index contributed by atoms with van der Waals surface area (Å²) < 4.78 is 5.86. The Morgan fingerprint density at radius 3 is 2.69 bits per heavy atom. The summed E-state index contributed by atoms with van der Waals surface area (Å²) in [7, 11) is 0. The number of benzene rings is 1. The number of hydrogen-bond acceptors (Lipinski definition) is 6. The SMILES string of the molecule is Cc1cc(N2CCCC2=O)ccc1-c1ccc(Nc2cnc3c(c2)N2C(=O)C4(CC4)C[C@H]2CO3)nc1. The van der Waals surface area contributed by atoms with Gasteiger partial charge in [-0.05, 0) is 74.1 Å². The molecule has 4 aliphatic rings. The third kappa shape index (κ3) is 3.35. The molecule has 2 amide bonds. The number of fused-ring (bicyclic) bond motifs is 3. The van der Waals surface area contributed by atoms with E-state index in [1.54, 1.807) is 6.20 Å². The molecule has 7 rings (SSSR count). The van der Waals surface area contributed by atoms with E-state index >= 15 is 0 Å². The number of anilines is 4. The number of aryl methyl sites for hydroxylation is 1. The predicted octanol–water partition coefficient (Wildman–Crippen LogP) is 4.60. The number of nitrogens with one attached hydrogen (secondary N) is 1. The van der Waals surface area contributed by atoms with Gasteiger partial charge in [-0.15, -0.1) is 0 Å². The largest absolute Gasteiger partial charge is 0.474 e. The zero-order chi connectivity index (χ0) is 24.4. The van der Waals surface area contributed by atoms with E-state index in [0.717, 1.165) is 66.0 Å². The molecule has 1 spiro atoms. The maximum Gasteiger partial charge on any atom is 0.238 e. The molecule has 2 saturated heterocycles. The first-order valence-electron chi connectivity index (χ1n) is 12.6. The van der Waals surface area contributed by atoms with Crippen molar-refractivity contribution in [3.05, 3.63) is 54.4 Å². The third-order valence-corrected chi connectivity index (χ3v) is 7.96. The van der Waals surface area contributed by atoms with Gasteiger partial charge >= 0.3 is 0 Å². The maximum absolute atomic E-state index is 13.1. The van der Waals surface area contributed by atoms with E-state index in [2.05, 4.69) is 34.3 Å². The molecule has 5 heterocycles. The summed E-state index contributed by atoms with van der Waals surface area (Å²) in [5.74, 6) is 1.62. The van der Waals surface area contributed by atoms with Crippen molar-refractivity contribution in [2.45, 2.75) is 45.1 Å². The normalized spacial score (nSPS) is 21.4. The molecule has 1 aliphatic carbocycles.